The summed E-state index contributed by atoms with van der Waals surface area (Å²) < 4.78 is 10.5. The molecule has 3 amide bonds. The number of nitrogens with one attached hydrogen (secondary N) is 3. The van der Waals surface area contributed by atoms with E-state index >= 15 is 0 Å². The highest BCUT2D eigenvalue weighted by atomic mass is 35.5. The molecule has 1 unspecified atom stereocenters. The van der Waals surface area contributed by atoms with Gasteiger partial charge in [-0.3, -0.25) is 9.59 Å². The summed E-state index contributed by atoms with van der Waals surface area (Å²) >= 11 is 5.81. The number of Topliss-reactive ketones (excluding diaryl/α,β-unsaturated/α-hetero) is 1. The van der Waals surface area contributed by atoms with Crippen LogP contribution in [0.15, 0.2) is 60.7 Å². The van der Waals surface area contributed by atoms with E-state index in [-0.39, 0.29) is 18.3 Å². The van der Waals surface area contributed by atoms with E-state index in [1.807, 2.05) is 60.7 Å². The van der Waals surface area contributed by atoms with Crippen molar-refractivity contribution >= 4 is 35.5 Å². The minimum atomic E-state index is -0.915. The Morgan fingerprint density at radius 3 is 2.02 bits per heavy atom. The fraction of sp³-hybridized carbons (Fsp3) is 0.467. The van der Waals surface area contributed by atoms with Crippen molar-refractivity contribution in [2.45, 2.75) is 77.2 Å². The number of ether oxygens (including phenoxy) is 2. The van der Waals surface area contributed by atoms with Crippen molar-refractivity contribution < 1.29 is 28.7 Å². The van der Waals surface area contributed by atoms with E-state index in [9.17, 15) is 19.2 Å². The van der Waals surface area contributed by atoms with E-state index < -0.39 is 35.8 Å². The molecule has 2 atom stereocenters. The Morgan fingerprint density at radius 1 is 0.800 bits per heavy atom. The normalized spacial score (nSPS) is 12.5. The van der Waals surface area contributed by atoms with Crippen LogP contribution in [0.25, 0.3) is 0 Å². The number of hydrogen-bond donors (Lipinski definition) is 3. The van der Waals surface area contributed by atoms with Crippen LogP contribution in [-0.2, 0) is 32.1 Å². The summed E-state index contributed by atoms with van der Waals surface area (Å²) in [4.78, 5) is 50.1. The Balaban J connectivity index is 1.88. The predicted octanol–water partition coefficient (Wildman–Crippen LogP) is 4.90. The number of alkyl halides is 1. The van der Waals surface area contributed by atoms with Gasteiger partial charge in [-0.1, -0.05) is 60.7 Å². The highest BCUT2D eigenvalue weighted by molar-refractivity contribution is 6.28. The first-order chi connectivity index (χ1) is 19.1. The van der Waals surface area contributed by atoms with Crippen LogP contribution in [-0.4, -0.2) is 54.0 Å². The van der Waals surface area contributed by atoms with Crippen molar-refractivity contribution in [2.24, 2.45) is 0 Å². The number of ketones is 1. The molecule has 0 aliphatic rings. The molecule has 2 aromatic carbocycles. The number of carbonyl (C=O) groups is 4. The van der Waals surface area contributed by atoms with Crippen LogP contribution >= 0.6 is 11.6 Å². The van der Waals surface area contributed by atoms with E-state index in [1.165, 1.54) is 0 Å². The van der Waals surface area contributed by atoms with E-state index in [0.29, 0.717) is 38.6 Å². The van der Waals surface area contributed by atoms with Gasteiger partial charge in [0.15, 0.2) is 5.78 Å². The van der Waals surface area contributed by atoms with E-state index in [1.54, 1.807) is 20.8 Å². The van der Waals surface area contributed by atoms with E-state index in [4.69, 9.17) is 21.1 Å². The molecule has 0 aliphatic carbocycles. The standard InChI is InChI=1S/C30H40ClN3O6/c1-30(2,3)40-29(38)34-25(18-17-22-12-6-4-7-13-22)27(36)33-24(26(35)20-31)16-10-11-19-32-28(37)39-21-23-14-8-5-9-15-23/h4-9,12-15,24-25H,10-11,16-21H2,1-3H3,(H,32,37)(H,33,36)(H,34,38)/t24-,25?/m0/s1. The van der Waals surface area contributed by atoms with Gasteiger partial charge in [-0.15, -0.1) is 11.6 Å². The average molecular weight is 574 g/mol. The summed E-state index contributed by atoms with van der Waals surface area (Å²) in [6.45, 7) is 5.73. The largest absolute Gasteiger partial charge is 0.445 e. The summed E-state index contributed by atoms with van der Waals surface area (Å²) in [5.74, 6) is -1.08. The molecule has 10 heteroatoms. The molecule has 0 saturated carbocycles. The lowest BCUT2D eigenvalue weighted by Gasteiger charge is -2.25. The molecule has 0 heterocycles. The first-order valence-electron chi connectivity index (χ1n) is 13.4. The van der Waals surface area contributed by atoms with Crippen LogP contribution < -0.4 is 16.0 Å². The monoisotopic (exact) mass is 573 g/mol. The lowest BCUT2D eigenvalue weighted by Crippen LogP contribution is -2.52. The topological polar surface area (TPSA) is 123 Å². The Morgan fingerprint density at radius 2 is 1.43 bits per heavy atom. The third-order valence-electron chi connectivity index (χ3n) is 5.81. The van der Waals surface area contributed by atoms with Crippen LogP contribution in [0.1, 0.15) is 57.6 Å². The van der Waals surface area contributed by atoms with Gasteiger partial charge in [-0.25, -0.2) is 9.59 Å². The van der Waals surface area contributed by atoms with Gasteiger partial charge in [0, 0.05) is 6.54 Å². The smallest absolute Gasteiger partial charge is 0.408 e. The third kappa shape index (κ3) is 13.5. The molecule has 0 fully saturated rings. The maximum Gasteiger partial charge on any atom is 0.408 e. The number of rotatable bonds is 15. The van der Waals surface area contributed by atoms with Crippen LogP contribution in [0, 0.1) is 0 Å². The molecule has 2 rings (SSSR count). The average Bonchev–Trinajstić information content (AvgIpc) is 2.92. The quantitative estimate of drug-likeness (QED) is 0.206. The molecule has 40 heavy (non-hydrogen) atoms. The summed E-state index contributed by atoms with van der Waals surface area (Å²) in [5.41, 5.74) is 1.16. The molecule has 2 aromatic rings. The number of hydrogen-bond acceptors (Lipinski definition) is 6. The molecule has 0 aromatic heterocycles. The molecule has 0 bridgehead atoms. The minimum Gasteiger partial charge on any atom is -0.445 e. The second-order valence-electron chi connectivity index (χ2n) is 10.4. The summed E-state index contributed by atoms with van der Waals surface area (Å²) in [6.07, 6.45) is 1.04. The van der Waals surface area contributed by atoms with Gasteiger partial charge < -0.3 is 25.4 Å². The summed E-state index contributed by atoms with van der Waals surface area (Å²) in [5, 5.41) is 8.08. The molecule has 9 nitrogen and oxygen atoms in total. The van der Waals surface area contributed by atoms with Crippen LogP contribution in [0.2, 0.25) is 0 Å². The van der Waals surface area contributed by atoms with Crippen molar-refractivity contribution in [3.8, 4) is 0 Å². The van der Waals surface area contributed by atoms with Gasteiger partial charge in [0.2, 0.25) is 5.91 Å². The summed E-state index contributed by atoms with van der Waals surface area (Å²) in [6, 6.07) is 17.2. The number of amides is 3. The molecular formula is C30H40ClN3O6. The number of halogens is 1. The van der Waals surface area contributed by atoms with Crippen molar-refractivity contribution in [3.63, 3.8) is 0 Å². The molecule has 0 aliphatic heterocycles. The molecule has 3 N–H and O–H groups in total. The SMILES string of the molecule is CC(C)(C)OC(=O)NC(CCc1ccccc1)C(=O)N[C@@H](CCCCNC(=O)OCc1ccccc1)C(=O)CCl. The van der Waals surface area contributed by atoms with Gasteiger partial charge in [-0.2, -0.15) is 0 Å². The van der Waals surface area contributed by atoms with Gasteiger partial charge in [0.1, 0.15) is 18.2 Å². The van der Waals surface area contributed by atoms with Gasteiger partial charge in [0.05, 0.1) is 11.9 Å². The van der Waals surface area contributed by atoms with E-state index in [2.05, 4.69) is 16.0 Å². The highest BCUT2D eigenvalue weighted by Crippen LogP contribution is 2.11. The molecule has 0 saturated heterocycles. The van der Waals surface area contributed by atoms with Crippen molar-refractivity contribution in [1.82, 2.24) is 16.0 Å². The fourth-order valence-corrected chi connectivity index (χ4v) is 3.98. The Hall–Kier alpha value is -3.59. The molecule has 0 spiro atoms. The second-order valence-corrected chi connectivity index (χ2v) is 10.6. The summed E-state index contributed by atoms with van der Waals surface area (Å²) in [7, 11) is 0. The van der Waals surface area contributed by atoms with Crippen LogP contribution in [0.5, 0.6) is 0 Å². The second kappa shape index (κ2) is 17.2. The van der Waals surface area contributed by atoms with Gasteiger partial charge in [-0.05, 0) is 64.0 Å². The molecule has 0 radical (unpaired) electrons. The lowest BCUT2D eigenvalue weighted by atomic mass is 10.0. The van der Waals surface area contributed by atoms with Crippen molar-refractivity contribution in [3.05, 3.63) is 71.8 Å². The maximum absolute atomic E-state index is 13.2. The Kier molecular flexibility index (Phi) is 14.0. The number of unbranched alkanes of at least 4 members (excludes halogenated alkanes) is 1. The maximum atomic E-state index is 13.2. The van der Waals surface area contributed by atoms with Gasteiger partial charge >= 0.3 is 12.2 Å². The Bertz CT molecular complexity index is 1080. The number of aryl methyl sites for hydroxylation is 1. The zero-order chi connectivity index (χ0) is 29.4. The predicted molar refractivity (Wildman–Crippen MR) is 154 cm³/mol. The third-order valence-corrected chi connectivity index (χ3v) is 6.07. The van der Waals surface area contributed by atoms with E-state index in [0.717, 1.165) is 11.1 Å². The highest BCUT2D eigenvalue weighted by Gasteiger charge is 2.28. The fourth-order valence-electron chi connectivity index (χ4n) is 3.79. The molecule has 218 valence electrons. The first-order valence-corrected chi connectivity index (χ1v) is 14.0. The zero-order valence-electron chi connectivity index (χ0n) is 23.4. The van der Waals surface area contributed by atoms with Crippen LogP contribution in [0.3, 0.4) is 0 Å². The van der Waals surface area contributed by atoms with Gasteiger partial charge in [0.25, 0.3) is 0 Å². The first kappa shape index (κ1) is 32.6. The Labute approximate surface area is 241 Å². The van der Waals surface area contributed by atoms with Crippen LogP contribution in [0.4, 0.5) is 9.59 Å². The van der Waals surface area contributed by atoms with Crippen molar-refractivity contribution in [2.75, 3.05) is 12.4 Å². The van der Waals surface area contributed by atoms with Crippen molar-refractivity contribution in [1.29, 1.82) is 0 Å². The zero-order valence-corrected chi connectivity index (χ0v) is 24.2. The minimum absolute atomic E-state index is 0.174. The number of alkyl carbamates (subject to hydrolysis) is 2. The number of carbonyl (C=O) groups excluding carboxylic acids is 4. The molecular weight excluding hydrogens is 534 g/mol. The number of benzene rings is 2. The lowest BCUT2D eigenvalue weighted by molar-refractivity contribution is -0.128.